The van der Waals surface area contributed by atoms with Crippen LogP contribution in [-0.4, -0.2) is 53.5 Å². The molecular formula is C13H17NO4S. The van der Waals surface area contributed by atoms with E-state index in [1.165, 1.54) is 0 Å². The third-order valence-corrected chi connectivity index (χ3v) is 3.95. The average molecular weight is 283 g/mol. The molecule has 1 aliphatic heterocycles. The summed E-state index contributed by atoms with van der Waals surface area (Å²) in [6, 6.07) is 2.03. The summed E-state index contributed by atoms with van der Waals surface area (Å²) in [4.78, 5) is 13.8. The molecule has 1 aromatic rings. The Labute approximate surface area is 115 Å². The largest absolute Gasteiger partial charge is 0.478 e. The second kappa shape index (κ2) is 6.81. The highest BCUT2D eigenvalue weighted by Crippen LogP contribution is 2.20. The lowest BCUT2D eigenvalue weighted by molar-refractivity contribution is -0.131. The van der Waals surface area contributed by atoms with Gasteiger partial charge in [-0.15, -0.1) is 11.3 Å². The zero-order valence-corrected chi connectivity index (χ0v) is 11.3. The van der Waals surface area contributed by atoms with Gasteiger partial charge < -0.3 is 14.9 Å². The molecule has 6 heteroatoms. The van der Waals surface area contributed by atoms with Gasteiger partial charge in [-0.1, -0.05) is 0 Å². The third-order valence-electron chi connectivity index (χ3n) is 3.01. The van der Waals surface area contributed by atoms with Gasteiger partial charge in [0, 0.05) is 24.0 Å². The number of ether oxygens (including phenoxy) is 1. The van der Waals surface area contributed by atoms with E-state index in [1.54, 1.807) is 17.4 Å². The minimum absolute atomic E-state index is 0.0499. The fourth-order valence-corrected chi connectivity index (χ4v) is 2.88. The molecule has 1 aromatic heterocycles. The van der Waals surface area contributed by atoms with Crippen LogP contribution in [0.3, 0.4) is 0 Å². The van der Waals surface area contributed by atoms with Crippen LogP contribution >= 0.6 is 11.3 Å². The molecule has 104 valence electrons. The van der Waals surface area contributed by atoms with Crippen molar-refractivity contribution in [2.75, 3.05) is 26.4 Å². The van der Waals surface area contributed by atoms with Crippen LogP contribution in [0, 0.1) is 0 Å². The zero-order valence-electron chi connectivity index (χ0n) is 10.5. The van der Waals surface area contributed by atoms with Crippen LogP contribution < -0.4 is 0 Å². The van der Waals surface area contributed by atoms with E-state index in [0.29, 0.717) is 13.2 Å². The molecule has 5 nitrogen and oxygen atoms in total. The van der Waals surface area contributed by atoms with Crippen LogP contribution in [0.5, 0.6) is 0 Å². The maximum atomic E-state index is 10.4. The van der Waals surface area contributed by atoms with Gasteiger partial charge in [-0.25, -0.2) is 4.79 Å². The lowest BCUT2D eigenvalue weighted by atomic mass is 10.2. The normalized spacial score (nSPS) is 21.0. The quantitative estimate of drug-likeness (QED) is 0.790. The predicted molar refractivity (Wildman–Crippen MR) is 73.1 cm³/mol. The van der Waals surface area contributed by atoms with E-state index >= 15 is 0 Å². The number of rotatable bonds is 5. The van der Waals surface area contributed by atoms with Crippen molar-refractivity contribution in [3.8, 4) is 0 Å². The lowest BCUT2D eigenvalue weighted by Gasteiger charge is -2.33. The Morgan fingerprint density at radius 1 is 1.63 bits per heavy atom. The standard InChI is InChI=1S/C13H17NO4S/c15-7-11-8-18-4-3-14(11)6-12-5-10(9-19-12)1-2-13(16)17/h1-2,5,9,11,15H,3-4,6-8H2,(H,16,17)/b2-1+. The first kappa shape index (κ1) is 14.2. The Balaban J connectivity index is 1.97. The van der Waals surface area contributed by atoms with Crippen LogP contribution in [-0.2, 0) is 16.1 Å². The van der Waals surface area contributed by atoms with Crippen molar-refractivity contribution in [2.24, 2.45) is 0 Å². The maximum Gasteiger partial charge on any atom is 0.328 e. The van der Waals surface area contributed by atoms with E-state index in [0.717, 1.165) is 29.6 Å². The molecule has 1 saturated heterocycles. The summed E-state index contributed by atoms with van der Waals surface area (Å²) >= 11 is 1.60. The second-order valence-corrected chi connectivity index (χ2v) is 5.40. The number of hydrogen-bond donors (Lipinski definition) is 2. The zero-order chi connectivity index (χ0) is 13.7. The molecule has 1 atom stereocenters. The Morgan fingerprint density at radius 3 is 3.21 bits per heavy atom. The first-order valence-corrected chi connectivity index (χ1v) is 6.98. The summed E-state index contributed by atoms with van der Waals surface area (Å²) in [5.74, 6) is -0.943. The Kier molecular flexibility index (Phi) is 5.09. The van der Waals surface area contributed by atoms with Gasteiger partial charge in [-0.2, -0.15) is 0 Å². The molecule has 0 amide bonds. The Bertz CT molecular complexity index is 457. The highest BCUT2D eigenvalue weighted by Gasteiger charge is 2.22. The van der Waals surface area contributed by atoms with Crippen LogP contribution in [0.1, 0.15) is 10.4 Å². The highest BCUT2D eigenvalue weighted by molar-refractivity contribution is 7.10. The SMILES string of the molecule is O=C(O)/C=C/c1csc(CN2CCOCC2CO)c1. The van der Waals surface area contributed by atoms with E-state index in [9.17, 15) is 9.90 Å². The summed E-state index contributed by atoms with van der Waals surface area (Å²) < 4.78 is 5.34. The number of thiophene rings is 1. The number of aliphatic hydroxyl groups excluding tert-OH is 1. The van der Waals surface area contributed by atoms with Crippen LogP contribution in [0.2, 0.25) is 0 Å². The van der Waals surface area contributed by atoms with E-state index in [1.807, 2.05) is 11.4 Å². The van der Waals surface area contributed by atoms with Gasteiger partial charge in [-0.05, 0) is 23.1 Å². The predicted octanol–water partition coefficient (Wildman–Crippen LogP) is 1.04. The number of aliphatic hydroxyl groups is 1. The number of nitrogens with zero attached hydrogens (tertiary/aromatic N) is 1. The van der Waals surface area contributed by atoms with E-state index in [2.05, 4.69) is 4.90 Å². The van der Waals surface area contributed by atoms with Gasteiger partial charge in [0.05, 0.1) is 25.9 Å². The van der Waals surface area contributed by atoms with Gasteiger partial charge in [0.1, 0.15) is 0 Å². The average Bonchev–Trinajstić information content (AvgIpc) is 2.85. The van der Waals surface area contributed by atoms with Crippen molar-refractivity contribution in [3.63, 3.8) is 0 Å². The smallest absolute Gasteiger partial charge is 0.328 e. The van der Waals surface area contributed by atoms with E-state index in [-0.39, 0.29) is 12.6 Å². The summed E-state index contributed by atoms with van der Waals surface area (Å²) in [6.07, 6.45) is 2.72. The van der Waals surface area contributed by atoms with Crippen molar-refractivity contribution in [1.29, 1.82) is 0 Å². The van der Waals surface area contributed by atoms with Crippen LogP contribution in [0.15, 0.2) is 17.5 Å². The number of carboxylic acids is 1. The molecule has 2 N–H and O–H groups in total. The molecule has 0 bridgehead atoms. The Morgan fingerprint density at radius 2 is 2.47 bits per heavy atom. The molecule has 0 saturated carbocycles. The van der Waals surface area contributed by atoms with Gasteiger partial charge in [0.25, 0.3) is 0 Å². The van der Waals surface area contributed by atoms with Crippen molar-refractivity contribution in [1.82, 2.24) is 4.90 Å². The van der Waals surface area contributed by atoms with Crippen molar-refractivity contribution < 1.29 is 19.7 Å². The summed E-state index contributed by atoms with van der Waals surface area (Å²) in [7, 11) is 0. The molecule has 0 radical (unpaired) electrons. The molecule has 0 aliphatic carbocycles. The van der Waals surface area contributed by atoms with Crippen LogP contribution in [0.25, 0.3) is 6.08 Å². The first-order chi connectivity index (χ1) is 9.19. The minimum Gasteiger partial charge on any atom is -0.478 e. The van der Waals surface area contributed by atoms with Gasteiger partial charge >= 0.3 is 5.97 Å². The number of morpholine rings is 1. The maximum absolute atomic E-state index is 10.4. The van der Waals surface area contributed by atoms with Gasteiger partial charge in [-0.3, -0.25) is 4.90 Å². The topological polar surface area (TPSA) is 70.0 Å². The second-order valence-electron chi connectivity index (χ2n) is 4.40. The molecule has 1 aliphatic rings. The summed E-state index contributed by atoms with van der Waals surface area (Å²) in [6.45, 7) is 2.92. The molecule has 2 rings (SSSR count). The van der Waals surface area contributed by atoms with Gasteiger partial charge in [0.2, 0.25) is 0 Å². The van der Waals surface area contributed by atoms with Gasteiger partial charge in [0.15, 0.2) is 0 Å². The molecule has 2 heterocycles. The van der Waals surface area contributed by atoms with Crippen molar-refractivity contribution >= 4 is 23.4 Å². The highest BCUT2D eigenvalue weighted by atomic mass is 32.1. The molecule has 1 unspecified atom stereocenters. The number of aliphatic carboxylic acids is 1. The van der Waals surface area contributed by atoms with E-state index < -0.39 is 5.97 Å². The van der Waals surface area contributed by atoms with E-state index in [4.69, 9.17) is 9.84 Å². The fourth-order valence-electron chi connectivity index (χ4n) is 2.00. The fraction of sp³-hybridized carbons (Fsp3) is 0.462. The van der Waals surface area contributed by atoms with Crippen molar-refractivity contribution in [2.45, 2.75) is 12.6 Å². The van der Waals surface area contributed by atoms with Crippen LogP contribution in [0.4, 0.5) is 0 Å². The molecule has 19 heavy (non-hydrogen) atoms. The number of carbonyl (C=O) groups is 1. The van der Waals surface area contributed by atoms with Crippen molar-refractivity contribution in [3.05, 3.63) is 28.0 Å². The summed E-state index contributed by atoms with van der Waals surface area (Å²) in [5, 5.41) is 19.8. The summed E-state index contributed by atoms with van der Waals surface area (Å²) in [5.41, 5.74) is 0.899. The Hall–Kier alpha value is -1.21. The molecule has 1 fully saturated rings. The molecular weight excluding hydrogens is 266 g/mol. The minimum atomic E-state index is -0.943. The third kappa shape index (κ3) is 4.14. The first-order valence-electron chi connectivity index (χ1n) is 6.10. The number of hydrogen-bond acceptors (Lipinski definition) is 5. The lowest BCUT2D eigenvalue weighted by Crippen LogP contribution is -2.46. The molecule has 0 spiro atoms. The molecule has 0 aromatic carbocycles. The number of carboxylic acid groups (broad SMARTS) is 1. The monoisotopic (exact) mass is 283 g/mol.